The van der Waals surface area contributed by atoms with E-state index in [0.717, 1.165) is 6.42 Å². The fraction of sp³-hybridized carbons (Fsp3) is 0.192. The molecule has 0 saturated carbocycles. The molecule has 0 amide bonds. The van der Waals surface area contributed by atoms with E-state index in [9.17, 15) is 0 Å². The van der Waals surface area contributed by atoms with Gasteiger partial charge in [-0.05, 0) is 115 Å². The van der Waals surface area contributed by atoms with Crippen LogP contribution in [0.4, 0.5) is 0 Å². The zero-order valence-corrected chi connectivity index (χ0v) is 31.6. The lowest BCUT2D eigenvalue weighted by Crippen LogP contribution is -2.26. The second kappa shape index (κ2) is 10.9. The predicted molar refractivity (Wildman–Crippen MR) is 225 cm³/mol. The Morgan fingerprint density at radius 2 is 1.19 bits per heavy atom. The molecule has 0 radical (unpaired) electrons. The van der Waals surface area contributed by atoms with Gasteiger partial charge in [0.15, 0.2) is 0 Å². The van der Waals surface area contributed by atoms with Gasteiger partial charge in [0.05, 0.1) is 16.7 Å². The molecule has 2 aliphatic carbocycles. The molecule has 6 aromatic carbocycles. The lowest BCUT2D eigenvalue weighted by Gasteiger charge is -2.35. The van der Waals surface area contributed by atoms with Crippen molar-refractivity contribution in [3.63, 3.8) is 0 Å². The predicted octanol–water partition coefficient (Wildman–Crippen LogP) is 13.4. The molecule has 0 atom stereocenters. The molecule has 0 fully saturated rings. The number of aromatic nitrogens is 1. The highest BCUT2D eigenvalue weighted by molar-refractivity contribution is 6.13. The molecule has 0 spiro atoms. The standard InChI is InChI=1S/C52H45N/c1-8-41-35(36-17-9-11-20-42(36)50(41,2)3)19-15-16-32-24-27-47-39(28-32)40-29-34(31-46-49(40)53(47)48-23-14-13-22-44(48)52(46,6)7)33-25-26-38-37-18-10-12-21-43(37)51(4,5)45(38)30-33/h8-15,17-31H,1,16H2,2-7H3/b19-15-. The van der Waals surface area contributed by atoms with Crippen LogP contribution in [0.3, 0.4) is 0 Å². The normalized spacial score (nSPS) is 16.9. The number of hydrogen-bond acceptors (Lipinski definition) is 0. The van der Waals surface area contributed by atoms with Crippen molar-refractivity contribution < 1.29 is 0 Å². The lowest BCUT2D eigenvalue weighted by molar-refractivity contribution is 0.630. The van der Waals surface area contributed by atoms with E-state index in [1.807, 2.05) is 0 Å². The van der Waals surface area contributed by atoms with Crippen LogP contribution in [-0.2, 0) is 22.7 Å². The molecule has 0 N–H and O–H groups in total. The zero-order chi connectivity index (χ0) is 36.4. The molecule has 1 nitrogen and oxygen atoms in total. The number of rotatable bonds is 5. The molecule has 258 valence electrons. The maximum Gasteiger partial charge on any atom is 0.0582 e. The quantitative estimate of drug-likeness (QED) is 0.170. The van der Waals surface area contributed by atoms with E-state index in [0.29, 0.717) is 0 Å². The van der Waals surface area contributed by atoms with E-state index in [4.69, 9.17) is 0 Å². The Kier molecular flexibility index (Phi) is 6.61. The summed E-state index contributed by atoms with van der Waals surface area (Å²) in [6, 6.07) is 46.0. The maximum atomic E-state index is 4.22. The minimum absolute atomic E-state index is 0.0459. The monoisotopic (exact) mass is 683 g/mol. The number of para-hydroxylation sites is 1. The van der Waals surface area contributed by atoms with Gasteiger partial charge < -0.3 is 4.57 Å². The van der Waals surface area contributed by atoms with Crippen LogP contribution in [0.5, 0.6) is 0 Å². The van der Waals surface area contributed by atoms with Crippen LogP contribution in [0, 0.1) is 0 Å². The highest BCUT2D eigenvalue weighted by atomic mass is 15.0. The molecule has 0 unspecified atom stereocenters. The van der Waals surface area contributed by atoms with Crippen LogP contribution >= 0.6 is 0 Å². The summed E-state index contributed by atoms with van der Waals surface area (Å²) in [5.41, 5.74) is 21.1. The fourth-order valence-corrected chi connectivity index (χ4v) is 10.2. The van der Waals surface area contributed by atoms with Crippen molar-refractivity contribution in [1.29, 1.82) is 0 Å². The van der Waals surface area contributed by atoms with E-state index in [1.165, 1.54) is 99.8 Å². The van der Waals surface area contributed by atoms with Gasteiger partial charge in [-0.2, -0.15) is 0 Å². The van der Waals surface area contributed by atoms with Crippen molar-refractivity contribution in [3.8, 4) is 27.9 Å². The average Bonchev–Trinajstić information content (AvgIpc) is 3.70. The van der Waals surface area contributed by atoms with Crippen molar-refractivity contribution in [2.45, 2.75) is 64.2 Å². The number of fused-ring (bicyclic) bond motifs is 9. The first-order valence-corrected chi connectivity index (χ1v) is 19.1. The molecular weight excluding hydrogens is 639 g/mol. The molecule has 3 aliphatic rings. The Morgan fingerprint density at radius 3 is 1.96 bits per heavy atom. The zero-order valence-electron chi connectivity index (χ0n) is 31.6. The van der Waals surface area contributed by atoms with Crippen molar-refractivity contribution in [1.82, 2.24) is 4.57 Å². The largest absolute Gasteiger partial charge is 0.309 e. The van der Waals surface area contributed by atoms with E-state index in [2.05, 4.69) is 192 Å². The molecule has 1 aliphatic heterocycles. The topological polar surface area (TPSA) is 4.93 Å². The fourth-order valence-electron chi connectivity index (χ4n) is 10.2. The van der Waals surface area contributed by atoms with Crippen LogP contribution in [-0.4, -0.2) is 4.57 Å². The highest BCUT2D eigenvalue weighted by Crippen LogP contribution is 2.52. The summed E-state index contributed by atoms with van der Waals surface area (Å²) < 4.78 is 2.53. The first kappa shape index (κ1) is 32.0. The summed E-state index contributed by atoms with van der Waals surface area (Å²) in [4.78, 5) is 0. The van der Waals surface area contributed by atoms with Gasteiger partial charge in [0.1, 0.15) is 0 Å². The van der Waals surface area contributed by atoms with Crippen molar-refractivity contribution in [2.75, 3.05) is 0 Å². The van der Waals surface area contributed by atoms with E-state index in [-0.39, 0.29) is 16.2 Å². The second-order valence-corrected chi connectivity index (χ2v) is 17.0. The molecule has 1 heteroatoms. The smallest absolute Gasteiger partial charge is 0.0582 e. The summed E-state index contributed by atoms with van der Waals surface area (Å²) in [5.74, 6) is 0. The Labute approximate surface area is 313 Å². The molecule has 2 heterocycles. The van der Waals surface area contributed by atoms with E-state index in [1.54, 1.807) is 0 Å². The van der Waals surface area contributed by atoms with Crippen LogP contribution in [0.1, 0.15) is 80.5 Å². The minimum Gasteiger partial charge on any atom is -0.309 e. The average molecular weight is 684 g/mol. The van der Waals surface area contributed by atoms with Crippen LogP contribution < -0.4 is 0 Å². The minimum atomic E-state index is -0.158. The Bertz CT molecular complexity index is 2790. The summed E-state index contributed by atoms with van der Waals surface area (Å²) in [5, 5.41) is 2.64. The molecule has 1 aromatic heterocycles. The Balaban J connectivity index is 1.14. The molecule has 53 heavy (non-hydrogen) atoms. The Hall–Kier alpha value is -5.66. The van der Waals surface area contributed by atoms with Gasteiger partial charge in [-0.1, -0.05) is 151 Å². The van der Waals surface area contributed by atoms with Gasteiger partial charge in [-0.25, -0.2) is 0 Å². The molecule has 0 saturated heterocycles. The number of hydrogen-bond donors (Lipinski definition) is 0. The summed E-state index contributed by atoms with van der Waals surface area (Å²) >= 11 is 0. The molecule has 0 bridgehead atoms. The van der Waals surface area contributed by atoms with Gasteiger partial charge in [-0.3, -0.25) is 0 Å². The molecule has 7 aromatic rings. The summed E-state index contributed by atoms with van der Waals surface area (Å²) in [7, 11) is 0. The van der Waals surface area contributed by atoms with E-state index < -0.39 is 0 Å². The van der Waals surface area contributed by atoms with Crippen molar-refractivity contribution in [2.24, 2.45) is 0 Å². The number of benzene rings is 6. The first-order chi connectivity index (χ1) is 25.5. The van der Waals surface area contributed by atoms with Gasteiger partial charge in [0, 0.05) is 27.0 Å². The highest BCUT2D eigenvalue weighted by Gasteiger charge is 2.38. The third-order valence-electron chi connectivity index (χ3n) is 13.0. The van der Waals surface area contributed by atoms with Gasteiger partial charge in [0.2, 0.25) is 0 Å². The summed E-state index contributed by atoms with van der Waals surface area (Å²) in [6.45, 7) is 18.4. The van der Waals surface area contributed by atoms with Gasteiger partial charge in [0.25, 0.3) is 0 Å². The van der Waals surface area contributed by atoms with Gasteiger partial charge in [-0.15, -0.1) is 0 Å². The van der Waals surface area contributed by atoms with Crippen molar-refractivity contribution >= 4 is 27.4 Å². The molecular formula is C52H45N. The second-order valence-electron chi connectivity index (χ2n) is 17.0. The van der Waals surface area contributed by atoms with Gasteiger partial charge >= 0.3 is 0 Å². The maximum absolute atomic E-state index is 4.22. The number of nitrogens with zero attached hydrogens (tertiary/aromatic N) is 1. The van der Waals surface area contributed by atoms with Crippen LogP contribution in [0.25, 0.3) is 55.3 Å². The SMILES string of the molecule is C=CC1=C(/C=C\Cc2ccc3c(c2)c2cc(-c4ccc5c(c4)C(C)(C)c4ccccc4-5)cc4c2n3-c2ccccc2C4(C)C)c2ccccc2C1(C)C. The van der Waals surface area contributed by atoms with Crippen LogP contribution in [0.15, 0.2) is 152 Å². The third kappa shape index (κ3) is 4.31. The third-order valence-corrected chi connectivity index (χ3v) is 13.0. The summed E-state index contributed by atoms with van der Waals surface area (Å²) in [6.07, 6.45) is 7.58. The Morgan fingerprint density at radius 1 is 0.547 bits per heavy atom. The first-order valence-electron chi connectivity index (χ1n) is 19.1. The van der Waals surface area contributed by atoms with E-state index >= 15 is 0 Å². The van der Waals surface area contributed by atoms with Crippen LogP contribution in [0.2, 0.25) is 0 Å². The number of allylic oxidation sites excluding steroid dienone is 5. The molecule has 10 rings (SSSR count). The lowest BCUT2D eigenvalue weighted by atomic mass is 9.74. The van der Waals surface area contributed by atoms with Crippen molar-refractivity contribution in [3.05, 3.63) is 191 Å².